The molecule has 0 fully saturated rings. The predicted molar refractivity (Wildman–Crippen MR) is 164 cm³/mol. The van der Waals surface area contributed by atoms with Crippen molar-refractivity contribution < 1.29 is 9.47 Å². The molecule has 0 unspecified atom stereocenters. The van der Waals surface area contributed by atoms with Crippen molar-refractivity contribution in [2.45, 2.75) is 39.3 Å². The Hall–Kier alpha value is -3.38. The van der Waals surface area contributed by atoms with Gasteiger partial charge in [0.15, 0.2) is 0 Å². The average Bonchev–Trinajstić information content (AvgIpc) is 3.58. The van der Waals surface area contributed by atoms with Crippen LogP contribution in [0.15, 0.2) is 72.8 Å². The Labute approximate surface area is 248 Å². The summed E-state index contributed by atoms with van der Waals surface area (Å²) in [4.78, 5) is 0. The van der Waals surface area contributed by atoms with Crippen LogP contribution in [0.1, 0.15) is 33.9 Å². The first kappa shape index (κ1) is 30.1. The molecule has 0 spiro atoms. The van der Waals surface area contributed by atoms with Gasteiger partial charge in [-0.3, -0.25) is 9.36 Å². The molecule has 224 valence electrons. The van der Waals surface area contributed by atoms with Crippen molar-refractivity contribution >= 4 is 0 Å². The van der Waals surface area contributed by atoms with E-state index in [1.54, 1.807) is 0 Å². The maximum atomic E-state index is 5.87. The summed E-state index contributed by atoms with van der Waals surface area (Å²) in [5, 5.41) is 23.8. The number of hydrogen-bond donors (Lipinski definition) is 4. The number of ether oxygens (including phenoxy) is 2. The fourth-order valence-corrected chi connectivity index (χ4v) is 4.92. The van der Waals surface area contributed by atoms with Crippen molar-refractivity contribution in [3.63, 3.8) is 0 Å². The highest BCUT2D eigenvalue weighted by Gasteiger charge is 2.10. The minimum Gasteiger partial charge on any atom is -0.379 e. The van der Waals surface area contributed by atoms with Crippen molar-refractivity contribution in [1.29, 1.82) is 0 Å². The van der Waals surface area contributed by atoms with Gasteiger partial charge in [-0.25, -0.2) is 0 Å². The Morgan fingerprint density at radius 1 is 0.524 bits per heavy atom. The van der Waals surface area contributed by atoms with Crippen LogP contribution >= 0.6 is 0 Å². The SMILES string of the molecule is c1ccc(Cn2nc3cc2CNCCOCCNCc2cc(n(Cc4ccccc4)n2)CNCCOCCNC3)cc1. The number of hydrogen-bond acceptors (Lipinski definition) is 8. The van der Waals surface area contributed by atoms with Crippen LogP contribution in [0.3, 0.4) is 0 Å². The van der Waals surface area contributed by atoms with Crippen LogP contribution < -0.4 is 21.3 Å². The van der Waals surface area contributed by atoms with Gasteiger partial charge in [-0.2, -0.15) is 10.2 Å². The molecule has 0 atom stereocenters. The smallest absolute Gasteiger partial charge is 0.0766 e. The molecule has 4 N–H and O–H groups in total. The summed E-state index contributed by atoms with van der Waals surface area (Å²) in [6, 6.07) is 25.3. The standard InChI is InChI=1S/C32H44N8O2/c1-3-7-27(8-4-1)25-39-31-19-29(37-39)21-33-11-15-42-18-14-36-24-32-20-30(22-34-12-16-41-17-13-35-23-31)38-40(32)26-28-9-5-2-6-10-28/h1-10,19-20,33-36H,11-18,21-26H2. The maximum Gasteiger partial charge on any atom is 0.0766 e. The largest absolute Gasteiger partial charge is 0.379 e. The first-order chi connectivity index (χ1) is 20.8. The fourth-order valence-electron chi connectivity index (χ4n) is 4.92. The van der Waals surface area contributed by atoms with E-state index < -0.39 is 0 Å². The quantitative estimate of drug-likeness (QED) is 0.296. The Kier molecular flexibility index (Phi) is 12.1. The van der Waals surface area contributed by atoms with Gasteiger partial charge in [-0.05, 0) is 23.3 Å². The van der Waals surface area contributed by atoms with Crippen molar-refractivity contribution in [2.24, 2.45) is 0 Å². The lowest BCUT2D eigenvalue weighted by atomic mass is 10.2. The topological polar surface area (TPSA) is 102 Å². The molecule has 3 heterocycles. The predicted octanol–water partition coefficient (Wildman–Crippen LogP) is 2.28. The van der Waals surface area contributed by atoms with E-state index in [1.807, 2.05) is 12.1 Å². The van der Waals surface area contributed by atoms with E-state index in [-0.39, 0.29) is 0 Å². The number of nitrogens with one attached hydrogen (secondary N) is 4. The van der Waals surface area contributed by atoms with Crippen molar-refractivity contribution in [1.82, 2.24) is 40.8 Å². The first-order valence-corrected chi connectivity index (χ1v) is 15.0. The molecule has 0 amide bonds. The Morgan fingerprint density at radius 2 is 0.905 bits per heavy atom. The van der Waals surface area contributed by atoms with E-state index in [4.69, 9.17) is 19.7 Å². The third kappa shape index (κ3) is 9.87. The zero-order chi connectivity index (χ0) is 28.7. The summed E-state index contributed by atoms with van der Waals surface area (Å²) in [6.45, 7) is 10.1. The lowest BCUT2D eigenvalue weighted by Crippen LogP contribution is -2.24. The van der Waals surface area contributed by atoms with Crippen molar-refractivity contribution in [3.8, 4) is 0 Å². The molecular formula is C32H44N8O2. The molecule has 4 bridgehead atoms. The molecule has 10 heteroatoms. The van der Waals surface area contributed by atoms with Gasteiger partial charge in [0.1, 0.15) is 0 Å². The molecule has 10 nitrogen and oxygen atoms in total. The van der Waals surface area contributed by atoms with Crippen LogP contribution in [0.4, 0.5) is 0 Å². The normalized spacial score (nSPS) is 17.0. The molecule has 1 aliphatic heterocycles. The summed E-state index contributed by atoms with van der Waals surface area (Å²) in [6.07, 6.45) is 0. The van der Waals surface area contributed by atoms with Crippen LogP contribution in [0.2, 0.25) is 0 Å². The molecule has 5 rings (SSSR count). The van der Waals surface area contributed by atoms with Crippen molar-refractivity contribution in [2.75, 3.05) is 52.6 Å². The molecule has 4 aromatic rings. The van der Waals surface area contributed by atoms with Gasteiger partial charge >= 0.3 is 0 Å². The van der Waals surface area contributed by atoms with E-state index >= 15 is 0 Å². The van der Waals surface area contributed by atoms with E-state index in [2.05, 4.69) is 91.3 Å². The second-order valence-corrected chi connectivity index (χ2v) is 10.5. The van der Waals surface area contributed by atoms with E-state index in [0.29, 0.717) is 39.5 Å². The molecule has 0 radical (unpaired) electrons. The van der Waals surface area contributed by atoms with Gasteiger partial charge in [0.05, 0.1) is 62.3 Å². The average molecular weight is 573 g/mol. The number of nitrogens with zero attached hydrogens (tertiary/aromatic N) is 4. The monoisotopic (exact) mass is 572 g/mol. The van der Waals surface area contributed by atoms with Gasteiger partial charge in [0.2, 0.25) is 0 Å². The number of fused-ring (bicyclic) bond motifs is 4. The summed E-state index contributed by atoms with van der Waals surface area (Å²) >= 11 is 0. The minimum atomic E-state index is 0.655. The van der Waals surface area contributed by atoms with Gasteiger partial charge in [-0.15, -0.1) is 0 Å². The van der Waals surface area contributed by atoms with E-state index in [1.165, 1.54) is 22.5 Å². The Morgan fingerprint density at radius 3 is 1.31 bits per heavy atom. The second kappa shape index (κ2) is 16.9. The molecule has 0 saturated heterocycles. The third-order valence-corrected chi connectivity index (χ3v) is 7.10. The van der Waals surface area contributed by atoms with Crippen molar-refractivity contribution in [3.05, 3.63) is 107 Å². The molecular weight excluding hydrogens is 528 g/mol. The van der Waals surface area contributed by atoms with Gasteiger partial charge in [0.25, 0.3) is 0 Å². The zero-order valence-corrected chi connectivity index (χ0v) is 24.4. The lowest BCUT2D eigenvalue weighted by molar-refractivity contribution is 0.137. The van der Waals surface area contributed by atoms with Crippen LogP contribution in [-0.4, -0.2) is 72.2 Å². The molecule has 0 saturated carbocycles. The highest BCUT2D eigenvalue weighted by molar-refractivity contribution is 5.19. The summed E-state index contributed by atoms with van der Waals surface area (Å²) in [7, 11) is 0. The van der Waals surface area contributed by atoms with Gasteiger partial charge < -0.3 is 30.7 Å². The second-order valence-electron chi connectivity index (χ2n) is 10.5. The highest BCUT2D eigenvalue weighted by atomic mass is 16.5. The van der Waals surface area contributed by atoms with Crippen LogP contribution in [0.25, 0.3) is 0 Å². The molecule has 2 aromatic heterocycles. The minimum absolute atomic E-state index is 0.655. The Balaban J connectivity index is 1.15. The van der Waals surface area contributed by atoms with Crippen LogP contribution in [0.5, 0.6) is 0 Å². The van der Waals surface area contributed by atoms with Crippen LogP contribution in [0, 0.1) is 0 Å². The molecule has 2 aromatic carbocycles. The number of benzene rings is 2. The summed E-state index contributed by atoms with van der Waals surface area (Å²) in [5.41, 5.74) is 6.88. The summed E-state index contributed by atoms with van der Waals surface area (Å²) < 4.78 is 15.9. The first-order valence-electron chi connectivity index (χ1n) is 15.0. The molecule has 1 aliphatic rings. The van der Waals surface area contributed by atoms with E-state index in [0.717, 1.165) is 63.7 Å². The fraction of sp³-hybridized carbons (Fsp3) is 0.438. The zero-order valence-electron chi connectivity index (χ0n) is 24.4. The van der Waals surface area contributed by atoms with E-state index in [9.17, 15) is 0 Å². The molecule has 0 aliphatic carbocycles. The third-order valence-electron chi connectivity index (χ3n) is 7.10. The van der Waals surface area contributed by atoms with Gasteiger partial charge in [0, 0.05) is 52.4 Å². The molecule has 42 heavy (non-hydrogen) atoms. The maximum absolute atomic E-state index is 5.87. The lowest BCUT2D eigenvalue weighted by Gasteiger charge is -2.10. The Bertz CT molecular complexity index is 1210. The van der Waals surface area contributed by atoms with Gasteiger partial charge in [-0.1, -0.05) is 60.7 Å². The number of aromatic nitrogens is 4. The number of rotatable bonds is 4. The summed E-state index contributed by atoms with van der Waals surface area (Å²) in [5.74, 6) is 0. The van der Waals surface area contributed by atoms with Crippen LogP contribution in [-0.2, 0) is 48.7 Å². The highest BCUT2D eigenvalue weighted by Crippen LogP contribution is 2.10.